The fraction of sp³-hybridized carbons (Fsp3) is 0.190. The molecule has 0 saturated heterocycles. The minimum atomic E-state index is -0.395. The highest BCUT2D eigenvalue weighted by Gasteiger charge is 2.15. The number of rotatable bonds is 6. The highest BCUT2D eigenvalue weighted by Crippen LogP contribution is 2.32. The van der Waals surface area contributed by atoms with E-state index in [9.17, 15) is 20.1 Å². The Kier molecular flexibility index (Phi) is 6.07. The van der Waals surface area contributed by atoms with Crippen molar-refractivity contribution in [3.05, 3.63) is 64.7 Å². The van der Waals surface area contributed by atoms with Crippen LogP contribution in [0, 0.1) is 0 Å². The van der Waals surface area contributed by atoms with E-state index in [1.165, 1.54) is 31.4 Å². The zero-order chi connectivity index (χ0) is 19.3. The number of carbonyl (C=O) groups is 1. The van der Waals surface area contributed by atoms with E-state index in [0.717, 1.165) is 5.57 Å². The van der Waals surface area contributed by atoms with Crippen LogP contribution in [0.15, 0.2) is 48.1 Å². The second kappa shape index (κ2) is 8.25. The van der Waals surface area contributed by atoms with Gasteiger partial charge in [-0.1, -0.05) is 23.8 Å². The van der Waals surface area contributed by atoms with Gasteiger partial charge in [0.05, 0.1) is 12.7 Å². The van der Waals surface area contributed by atoms with Gasteiger partial charge in [0.15, 0.2) is 17.3 Å². The van der Waals surface area contributed by atoms with Crippen LogP contribution >= 0.6 is 0 Å². The molecule has 0 aliphatic rings. The number of hydrogen-bond donors (Lipinski definition) is 3. The van der Waals surface area contributed by atoms with Crippen molar-refractivity contribution in [2.24, 2.45) is 0 Å². The zero-order valence-electron chi connectivity index (χ0n) is 15.0. The number of allylic oxidation sites excluding steroid dienone is 3. The van der Waals surface area contributed by atoms with Gasteiger partial charge in [0, 0.05) is 5.56 Å². The van der Waals surface area contributed by atoms with Gasteiger partial charge in [-0.25, -0.2) is 0 Å². The number of hydrogen-bond acceptors (Lipinski definition) is 5. The summed E-state index contributed by atoms with van der Waals surface area (Å²) in [5.74, 6) is -0.357. The van der Waals surface area contributed by atoms with Crippen molar-refractivity contribution >= 4 is 11.9 Å². The van der Waals surface area contributed by atoms with E-state index in [1.807, 2.05) is 19.9 Å². The van der Waals surface area contributed by atoms with Crippen LogP contribution < -0.4 is 4.74 Å². The fourth-order valence-electron chi connectivity index (χ4n) is 2.39. The Morgan fingerprint density at radius 3 is 2.42 bits per heavy atom. The molecular weight excluding hydrogens is 332 g/mol. The summed E-state index contributed by atoms with van der Waals surface area (Å²) in [4.78, 5) is 12.4. The molecule has 0 atom stereocenters. The predicted molar refractivity (Wildman–Crippen MR) is 101 cm³/mol. The molecular formula is C21H22O5. The summed E-state index contributed by atoms with van der Waals surface area (Å²) < 4.78 is 5.03. The molecule has 0 aliphatic carbocycles. The third kappa shape index (κ3) is 4.45. The number of benzene rings is 2. The summed E-state index contributed by atoms with van der Waals surface area (Å²) in [6, 6.07) is 7.49. The SMILES string of the molecule is COc1cc(/C=C/C(=O)c2ccc(O)c(CC=C(C)C)c2O)ccc1O. The predicted octanol–water partition coefficient (Wildman–Crippen LogP) is 4.22. The first-order valence-corrected chi connectivity index (χ1v) is 8.10. The lowest BCUT2D eigenvalue weighted by Gasteiger charge is -2.09. The smallest absolute Gasteiger partial charge is 0.189 e. The highest BCUT2D eigenvalue weighted by molar-refractivity contribution is 6.09. The fourth-order valence-corrected chi connectivity index (χ4v) is 2.39. The summed E-state index contributed by atoms with van der Waals surface area (Å²) >= 11 is 0. The number of ketones is 1. The van der Waals surface area contributed by atoms with Crippen molar-refractivity contribution < 1.29 is 24.9 Å². The average Bonchev–Trinajstić information content (AvgIpc) is 2.60. The maximum Gasteiger partial charge on any atom is 0.189 e. The van der Waals surface area contributed by atoms with Crippen molar-refractivity contribution in [1.29, 1.82) is 0 Å². The molecule has 136 valence electrons. The van der Waals surface area contributed by atoms with Crippen LogP contribution in [0.4, 0.5) is 0 Å². The molecule has 5 heteroatoms. The van der Waals surface area contributed by atoms with Gasteiger partial charge in [-0.2, -0.15) is 0 Å². The van der Waals surface area contributed by atoms with Crippen LogP contribution in [-0.4, -0.2) is 28.2 Å². The van der Waals surface area contributed by atoms with Gasteiger partial charge in [-0.05, 0) is 56.2 Å². The molecule has 2 aromatic rings. The van der Waals surface area contributed by atoms with Crippen molar-refractivity contribution in [2.45, 2.75) is 20.3 Å². The van der Waals surface area contributed by atoms with Gasteiger partial charge in [0.25, 0.3) is 0 Å². The second-order valence-electron chi connectivity index (χ2n) is 6.07. The number of phenolic OH excluding ortho intramolecular Hbond substituents is 3. The molecule has 0 fully saturated rings. The van der Waals surface area contributed by atoms with Gasteiger partial charge in [-0.15, -0.1) is 0 Å². The van der Waals surface area contributed by atoms with E-state index in [-0.39, 0.29) is 22.8 Å². The van der Waals surface area contributed by atoms with Crippen LogP contribution in [0.3, 0.4) is 0 Å². The van der Waals surface area contributed by atoms with Gasteiger partial charge in [-0.3, -0.25) is 4.79 Å². The number of carbonyl (C=O) groups excluding carboxylic acids is 1. The molecule has 2 aromatic carbocycles. The Bertz CT molecular complexity index is 874. The van der Waals surface area contributed by atoms with E-state index in [1.54, 1.807) is 18.2 Å². The summed E-state index contributed by atoms with van der Waals surface area (Å²) in [6.45, 7) is 3.83. The van der Waals surface area contributed by atoms with E-state index in [2.05, 4.69) is 0 Å². The monoisotopic (exact) mass is 354 g/mol. The molecule has 0 unspecified atom stereocenters. The average molecular weight is 354 g/mol. The largest absolute Gasteiger partial charge is 0.508 e. The van der Waals surface area contributed by atoms with Crippen molar-refractivity contribution in [3.8, 4) is 23.0 Å². The Balaban J connectivity index is 2.29. The van der Waals surface area contributed by atoms with Crippen molar-refractivity contribution in [3.63, 3.8) is 0 Å². The van der Waals surface area contributed by atoms with Crippen LogP contribution in [-0.2, 0) is 6.42 Å². The Morgan fingerprint density at radius 1 is 1.08 bits per heavy atom. The molecule has 0 saturated carbocycles. The van der Waals surface area contributed by atoms with Crippen LogP contribution in [0.25, 0.3) is 6.08 Å². The number of aromatic hydroxyl groups is 3. The van der Waals surface area contributed by atoms with E-state index < -0.39 is 5.78 Å². The van der Waals surface area contributed by atoms with E-state index in [4.69, 9.17) is 4.74 Å². The standard InChI is InChI=1S/C21H22O5/c1-13(2)4-7-15-18(23)11-8-16(21(15)25)17(22)9-5-14-6-10-19(24)20(12-14)26-3/h4-6,8-12,23-25H,7H2,1-3H3/b9-5+. The third-order valence-corrected chi connectivity index (χ3v) is 3.87. The highest BCUT2D eigenvalue weighted by atomic mass is 16.5. The first-order chi connectivity index (χ1) is 12.3. The lowest BCUT2D eigenvalue weighted by atomic mass is 10.0. The first kappa shape index (κ1) is 19.1. The molecule has 0 heterocycles. The normalized spacial score (nSPS) is 10.7. The van der Waals surface area contributed by atoms with Gasteiger partial charge in [0.2, 0.25) is 0 Å². The second-order valence-corrected chi connectivity index (χ2v) is 6.07. The van der Waals surface area contributed by atoms with Crippen LogP contribution in [0.1, 0.15) is 35.3 Å². The van der Waals surface area contributed by atoms with Gasteiger partial charge >= 0.3 is 0 Å². The maximum absolute atomic E-state index is 12.4. The van der Waals surface area contributed by atoms with Crippen LogP contribution in [0.5, 0.6) is 23.0 Å². The molecule has 3 N–H and O–H groups in total. The molecule has 0 radical (unpaired) electrons. The lowest BCUT2D eigenvalue weighted by Crippen LogP contribution is -1.98. The molecule has 0 spiro atoms. The molecule has 0 bridgehead atoms. The molecule has 0 aliphatic heterocycles. The minimum Gasteiger partial charge on any atom is -0.508 e. The summed E-state index contributed by atoms with van der Waals surface area (Å²) in [5.41, 5.74) is 2.14. The Labute approximate surface area is 152 Å². The van der Waals surface area contributed by atoms with Crippen LogP contribution in [0.2, 0.25) is 0 Å². The van der Waals surface area contributed by atoms with Gasteiger partial charge < -0.3 is 20.1 Å². The molecule has 2 rings (SSSR count). The number of phenols is 3. The third-order valence-electron chi connectivity index (χ3n) is 3.87. The van der Waals surface area contributed by atoms with Crippen molar-refractivity contribution in [2.75, 3.05) is 7.11 Å². The number of ether oxygens (including phenoxy) is 1. The quantitative estimate of drug-likeness (QED) is 0.411. The lowest BCUT2D eigenvalue weighted by molar-refractivity contribution is 0.104. The van der Waals surface area contributed by atoms with E-state index in [0.29, 0.717) is 23.3 Å². The van der Waals surface area contributed by atoms with Gasteiger partial charge in [0.1, 0.15) is 11.5 Å². The Hall–Kier alpha value is -3.21. The summed E-state index contributed by atoms with van der Waals surface area (Å²) in [7, 11) is 1.44. The minimum absolute atomic E-state index is 0.0102. The van der Waals surface area contributed by atoms with Crippen molar-refractivity contribution in [1.82, 2.24) is 0 Å². The molecule has 26 heavy (non-hydrogen) atoms. The molecule has 0 amide bonds. The zero-order valence-corrected chi connectivity index (χ0v) is 15.0. The summed E-state index contributed by atoms with van der Waals surface area (Å²) in [5, 5.41) is 29.9. The molecule has 5 nitrogen and oxygen atoms in total. The summed E-state index contributed by atoms with van der Waals surface area (Å²) in [6.07, 6.45) is 5.08. The van der Waals surface area contributed by atoms with E-state index >= 15 is 0 Å². The Morgan fingerprint density at radius 2 is 1.77 bits per heavy atom. The maximum atomic E-state index is 12.4. The first-order valence-electron chi connectivity index (χ1n) is 8.10. The number of methoxy groups -OCH3 is 1. The molecule has 0 aromatic heterocycles. The topological polar surface area (TPSA) is 87.0 Å².